The van der Waals surface area contributed by atoms with Gasteiger partial charge in [0.2, 0.25) is 0 Å². The number of fused-ring (bicyclic) bond motifs is 1. The number of halogens is 1. The van der Waals surface area contributed by atoms with Crippen LogP contribution in [0.15, 0.2) is 47.1 Å². The van der Waals surface area contributed by atoms with Crippen LogP contribution < -0.4 is 0 Å². The lowest BCUT2D eigenvalue weighted by molar-refractivity contribution is 0.111. The van der Waals surface area contributed by atoms with Crippen LogP contribution >= 0.6 is 15.9 Å². The van der Waals surface area contributed by atoms with Gasteiger partial charge in [0, 0.05) is 16.2 Å². The monoisotopic (exact) mass is 314 g/mol. The second kappa shape index (κ2) is 4.63. The molecule has 0 saturated heterocycles. The van der Waals surface area contributed by atoms with Crippen LogP contribution in [0.2, 0.25) is 0 Å². The highest BCUT2D eigenvalue weighted by molar-refractivity contribution is 9.10. The van der Waals surface area contributed by atoms with Crippen molar-refractivity contribution in [2.45, 2.75) is 6.92 Å². The first-order chi connectivity index (χ1) is 9.20. The van der Waals surface area contributed by atoms with E-state index in [0.717, 1.165) is 27.5 Å². The van der Waals surface area contributed by atoms with Gasteiger partial charge in [-0.25, -0.2) is 4.98 Å². The lowest BCUT2D eigenvalue weighted by Gasteiger charge is -2.00. The lowest BCUT2D eigenvalue weighted by atomic mass is 10.1. The van der Waals surface area contributed by atoms with Crippen molar-refractivity contribution >= 4 is 27.9 Å². The van der Waals surface area contributed by atoms with Gasteiger partial charge in [-0.1, -0.05) is 30.3 Å². The van der Waals surface area contributed by atoms with E-state index in [4.69, 9.17) is 0 Å². The molecule has 3 aromatic rings. The predicted molar refractivity (Wildman–Crippen MR) is 78.5 cm³/mol. The molecule has 1 aromatic carbocycles. The van der Waals surface area contributed by atoms with E-state index >= 15 is 0 Å². The Morgan fingerprint density at radius 3 is 2.68 bits per heavy atom. The molecule has 4 heteroatoms. The van der Waals surface area contributed by atoms with Gasteiger partial charge in [-0.2, -0.15) is 0 Å². The maximum Gasteiger partial charge on any atom is 0.169 e. The Hall–Kier alpha value is -1.94. The summed E-state index contributed by atoms with van der Waals surface area (Å²) in [5.41, 5.74) is 4.10. The molecule has 0 atom stereocenters. The number of benzene rings is 1. The molecule has 0 aliphatic carbocycles. The average Bonchev–Trinajstić information content (AvgIpc) is 2.78. The Bertz CT molecular complexity index is 763. The van der Waals surface area contributed by atoms with Crippen LogP contribution in [-0.2, 0) is 0 Å². The summed E-state index contributed by atoms with van der Waals surface area (Å²) >= 11 is 3.48. The minimum Gasteiger partial charge on any atom is -0.296 e. The standard InChI is InChI=1S/C15H11BrN2O/c1-10-7-14-17-15(11-5-3-2-4-6-11)13(9-19)18(14)8-12(10)16/h2-9H,1H3. The molecule has 3 nitrogen and oxygen atoms in total. The molecule has 0 spiro atoms. The molecular formula is C15H11BrN2O. The number of pyridine rings is 1. The molecule has 0 amide bonds. The van der Waals surface area contributed by atoms with E-state index in [0.29, 0.717) is 11.4 Å². The first-order valence-electron chi connectivity index (χ1n) is 5.89. The van der Waals surface area contributed by atoms with Crippen LogP contribution in [0.1, 0.15) is 16.1 Å². The van der Waals surface area contributed by atoms with Crippen molar-refractivity contribution in [1.82, 2.24) is 9.38 Å². The zero-order valence-corrected chi connectivity index (χ0v) is 11.9. The molecule has 0 bridgehead atoms. The van der Waals surface area contributed by atoms with E-state index in [1.165, 1.54) is 0 Å². The highest BCUT2D eigenvalue weighted by Crippen LogP contribution is 2.26. The van der Waals surface area contributed by atoms with Crippen LogP contribution in [0.25, 0.3) is 16.9 Å². The van der Waals surface area contributed by atoms with Gasteiger partial charge in [-0.15, -0.1) is 0 Å². The van der Waals surface area contributed by atoms with Crippen molar-refractivity contribution in [3.63, 3.8) is 0 Å². The number of hydrogen-bond acceptors (Lipinski definition) is 2. The third-order valence-corrected chi connectivity index (χ3v) is 3.93. The molecule has 0 fully saturated rings. The number of aldehydes is 1. The molecule has 0 aliphatic heterocycles. The topological polar surface area (TPSA) is 34.4 Å². The first-order valence-corrected chi connectivity index (χ1v) is 6.69. The molecule has 19 heavy (non-hydrogen) atoms. The Morgan fingerprint density at radius 2 is 2.00 bits per heavy atom. The largest absolute Gasteiger partial charge is 0.296 e. The molecular weight excluding hydrogens is 304 g/mol. The van der Waals surface area contributed by atoms with Crippen molar-refractivity contribution in [3.8, 4) is 11.3 Å². The molecule has 2 heterocycles. The summed E-state index contributed by atoms with van der Waals surface area (Å²) in [4.78, 5) is 16.0. The summed E-state index contributed by atoms with van der Waals surface area (Å²) < 4.78 is 2.77. The molecule has 0 aliphatic rings. The Labute approximate surface area is 119 Å². The number of hydrogen-bond donors (Lipinski definition) is 0. The zero-order valence-electron chi connectivity index (χ0n) is 10.3. The number of aromatic nitrogens is 2. The Kier molecular flexibility index (Phi) is 2.95. The summed E-state index contributed by atoms with van der Waals surface area (Å²) in [6, 6.07) is 11.7. The van der Waals surface area contributed by atoms with E-state index in [1.54, 1.807) is 0 Å². The van der Waals surface area contributed by atoms with Gasteiger partial charge in [-0.3, -0.25) is 9.20 Å². The fourth-order valence-electron chi connectivity index (χ4n) is 2.10. The second-order valence-electron chi connectivity index (χ2n) is 4.36. The third-order valence-electron chi connectivity index (χ3n) is 3.10. The van der Waals surface area contributed by atoms with Gasteiger partial charge in [0.25, 0.3) is 0 Å². The molecule has 3 rings (SSSR count). The minimum atomic E-state index is 0.571. The maximum atomic E-state index is 11.4. The quantitative estimate of drug-likeness (QED) is 0.673. The minimum absolute atomic E-state index is 0.571. The van der Waals surface area contributed by atoms with E-state index < -0.39 is 0 Å². The second-order valence-corrected chi connectivity index (χ2v) is 5.22. The fraction of sp³-hybridized carbons (Fsp3) is 0.0667. The van der Waals surface area contributed by atoms with Crippen LogP contribution in [-0.4, -0.2) is 15.7 Å². The van der Waals surface area contributed by atoms with Crippen molar-refractivity contribution in [3.05, 3.63) is 58.3 Å². The molecule has 94 valence electrons. The number of nitrogens with zero attached hydrogens (tertiary/aromatic N) is 2. The molecule has 0 N–H and O–H groups in total. The van der Waals surface area contributed by atoms with Crippen molar-refractivity contribution in [2.24, 2.45) is 0 Å². The SMILES string of the molecule is Cc1cc2nc(-c3ccccc3)c(C=O)n2cc1Br. The number of rotatable bonds is 2. The molecule has 0 radical (unpaired) electrons. The van der Waals surface area contributed by atoms with Crippen molar-refractivity contribution in [2.75, 3.05) is 0 Å². The number of carbonyl (C=O) groups is 1. The zero-order chi connectivity index (χ0) is 13.4. The third kappa shape index (κ3) is 1.98. The van der Waals surface area contributed by atoms with Crippen LogP contribution in [0.5, 0.6) is 0 Å². The maximum absolute atomic E-state index is 11.4. The van der Waals surface area contributed by atoms with E-state index in [9.17, 15) is 4.79 Å². The van der Waals surface area contributed by atoms with Gasteiger partial charge < -0.3 is 0 Å². The molecule has 0 saturated carbocycles. The van der Waals surface area contributed by atoms with E-state index in [-0.39, 0.29) is 0 Å². The molecule has 2 aromatic heterocycles. The van der Waals surface area contributed by atoms with E-state index in [2.05, 4.69) is 20.9 Å². The van der Waals surface area contributed by atoms with Gasteiger partial charge in [0.15, 0.2) is 6.29 Å². The molecule has 0 unspecified atom stereocenters. The van der Waals surface area contributed by atoms with Gasteiger partial charge >= 0.3 is 0 Å². The smallest absolute Gasteiger partial charge is 0.169 e. The number of carbonyl (C=O) groups excluding carboxylic acids is 1. The summed E-state index contributed by atoms with van der Waals surface area (Å²) in [6.45, 7) is 2.00. The van der Waals surface area contributed by atoms with Crippen LogP contribution in [0, 0.1) is 6.92 Å². The normalized spacial score (nSPS) is 10.8. The van der Waals surface area contributed by atoms with Crippen LogP contribution in [0.4, 0.5) is 0 Å². The van der Waals surface area contributed by atoms with Crippen molar-refractivity contribution < 1.29 is 4.79 Å². The summed E-state index contributed by atoms with van der Waals surface area (Å²) in [7, 11) is 0. The Morgan fingerprint density at radius 1 is 1.26 bits per heavy atom. The summed E-state index contributed by atoms with van der Waals surface area (Å²) in [5, 5.41) is 0. The number of imidazole rings is 1. The summed E-state index contributed by atoms with van der Waals surface area (Å²) in [6.07, 6.45) is 2.73. The first kappa shape index (κ1) is 12.1. The van der Waals surface area contributed by atoms with Gasteiger partial charge in [0.05, 0.1) is 0 Å². The van der Waals surface area contributed by atoms with Gasteiger partial charge in [-0.05, 0) is 34.5 Å². The van der Waals surface area contributed by atoms with Crippen LogP contribution in [0.3, 0.4) is 0 Å². The highest BCUT2D eigenvalue weighted by atomic mass is 79.9. The number of aryl methyl sites for hydroxylation is 1. The predicted octanol–water partition coefficient (Wildman–Crippen LogP) is 3.88. The fourth-order valence-corrected chi connectivity index (χ4v) is 2.42. The van der Waals surface area contributed by atoms with E-state index in [1.807, 2.05) is 53.9 Å². The average molecular weight is 315 g/mol. The summed E-state index contributed by atoms with van der Waals surface area (Å²) in [5.74, 6) is 0. The highest BCUT2D eigenvalue weighted by Gasteiger charge is 2.14. The van der Waals surface area contributed by atoms with Gasteiger partial charge in [0.1, 0.15) is 17.0 Å². The van der Waals surface area contributed by atoms with Crippen molar-refractivity contribution in [1.29, 1.82) is 0 Å². The lowest BCUT2D eigenvalue weighted by Crippen LogP contribution is -1.93. The Balaban J connectivity index is 2.35.